The van der Waals surface area contributed by atoms with Gasteiger partial charge in [0.25, 0.3) is 0 Å². The first-order chi connectivity index (χ1) is 17.4. The Labute approximate surface area is 225 Å². The van der Waals surface area contributed by atoms with Gasteiger partial charge in [0.15, 0.2) is 5.16 Å². The smallest absolute Gasteiger partial charge is 0.233 e. The Morgan fingerprint density at radius 3 is 2.44 bits per heavy atom. The van der Waals surface area contributed by atoms with Gasteiger partial charge < -0.3 is 19.6 Å². The van der Waals surface area contributed by atoms with Gasteiger partial charge in [-0.15, -0.1) is 0 Å². The Balaban J connectivity index is 1.14. The monoisotopic (exact) mass is 548 g/mol. The highest BCUT2D eigenvalue weighted by atomic mass is 35.5. The van der Waals surface area contributed by atoms with Crippen molar-refractivity contribution >= 4 is 58.3 Å². The van der Waals surface area contributed by atoms with Gasteiger partial charge in [-0.05, 0) is 38.0 Å². The molecule has 3 heterocycles. The highest BCUT2D eigenvalue weighted by Gasteiger charge is 2.37. The molecule has 1 aliphatic carbocycles. The van der Waals surface area contributed by atoms with Crippen LogP contribution in [0.5, 0.6) is 0 Å². The quantitative estimate of drug-likeness (QED) is 0.309. The van der Waals surface area contributed by atoms with Crippen molar-refractivity contribution in [1.29, 1.82) is 0 Å². The summed E-state index contributed by atoms with van der Waals surface area (Å²) in [6.45, 7) is 7.02. The van der Waals surface area contributed by atoms with Crippen LogP contribution in [0.25, 0.3) is 0 Å². The maximum Gasteiger partial charge on any atom is 0.233 e. The number of carbonyl (C=O) groups is 2. The molecule has 3 aliphatic rings. The zero-order valence-electron chi connectivity index (χ0n) is 20.3. The lowest BCUT2D eigenvalue weighted by atomic mass is 10.1. The van der Waals surface area contributed by atoms with E-state index < -0.39 is 0 Å². The molecule has 1 unspecified atom stereocenters. The minimum Gasteiger partial charge on any atom is -0.368 e. The zero-order chi connectivity index (χ0) is 25.2. The lowest BCUT2D eigenvalue weighted by Gasteiger charge is -2.40. The highest BCUT2D eigenvalue weighted by Crippen LogP contribution is 2.33. The van der Waals surface area contributed by atoms with E-state index in [4.69, 9.17) is 23.2 Å². The van der Waals surface area contributed by atoms with Crippen LogP contribution < -0.4 is 9.80 Å². The number of halogens is 2. The number of amides is 2. The summed E-state index contributed by atoms with van der Waals surface area (Å²) in [7, 11) is 0. The van der Waals surface area contributed by atoms with Crippen LogP contribution >= 0.6 is 35.0 Å². The van der Waals surface area contributed by atoms with Crippen LogP contribution in [0.1, 0.15) is 19.8 Å². The van der Waals surface area contributed by atoms with Crippen molar-refractivity contribution in [2.75, 3.05) is 61.4 Å². The maximum atomic E-state index is 12.9. The van der Waals surface area contributed by atoms with Gasteiger partial charge in [-0.1, -0.05) is 41.0 Å². The third kappa shape index (κ3) is 6.01. The van der Waals surface area contributed by atoms with Crippen LogP contribution in [0.3, 0.4) is 0 Å². The maximum absolute atomic E-state index is 12.9. The molecule has 0 spiro atoms. The van der Waals surface area contributed by atoms with Crippen molar-refractivity contribution in [1.82, 2.24) is 19.8 Å². The lowest BCUT2D eigenvalue weighted by molar-refractivity contribution is -0.135. The fourth-order valence-electron chi connectivity index (χ4n) is 4.77. The van der Waals surface area contributed by atoms with Crippen molar-refractivity contribution in [2.24, 2.45) is 5.92 Å². The van der Waals surface area contributed by atoms with E-state index in [9.17, 15) is 9.59 Å². The van der Waals surface area contributed by atoms with E-state index in [0.29, 0.717) is 48.1 Å². The van der Waals surface area contributed by atoms with Gasteiger partial charge in [0.05, 0.1) is 5.75 Å². The normalized spacial score (nSPS) is 20.6. The van der Waals surface area contributed by atoms with Crippen molar-refractivity contribution < 1.29 is 9.59 Å². The summed E-state index contributed by atoms with van der Waals surface area (Å²) >= 11 is 13.8. The van der Waals surface area contributed by atoms with Crippen LogP contribution in [0, 0.1) is 5.92 Å². The molecule has 1 atom stereocenters. The number of hydrogen-bond donors (Lipinski definition) is 0. The predicted molar refractivity (Wildman–Crippen MR) is 144 cm³/mol. The number of rotatable bonds is 6. The molecule has 36 heavy (non-hydrogen) atoms. The van der Waals surface area contributed by atoms with Crippen LogP contribution in [0.15, 0.2) is 35.5 Å². The van der Waals surface area contributed by atoms with Crippen LogP contribution in [0.2, 0.25) is 10.2 Å². The van der Waals surface area contributed by atoms with E-state index >= 15 is 0 Å². The Morgan fingerprint density at radius 1 is 1.00 bits per heavy atom. The summed E-state index contributed by atoms with van der Waals surface area (Å²) < 4.78 is 0. The Kier molecular flexibility index (Phi) is 7.79. The summed E-state index contributed by atoms with van der Waals surface area (Å²) in [4.78, 5) is 42.7. The second kappa shape index (κ2) is 11.0. The minimum absolute atomic E-state index is 0.0664. The number of benzene rings is 1. The third-order valence-corrected chi connectivity index (χ3v) is 8.21. The van der Waals surface area contributed by atoms with E-state index in [1.165, 1.54) is 11.8 Å². The molecule has 0 radical (unpaired) electrons. The first-order valence-electron chi connectivity index (χ1n) is 12.4. The Hall–Kier alpha value is -2.23. The zero-order valence-corrected chi connectivity index (χ0v) is 22.6. The molecule has 2 saturated heterocycles. The molecule has 1 aromatic carbocycles. The second-order valence-electron chi connectivity index (χ2n) is 9.57. The summed E-state index contributed by atoms with van der Waals surface area (Å²) in [5.74, 6) is 1.58. The van der Waals surface area contributed by atoms with E-state index in [-0.39, 0.29) is 29.5 Å². The van der Waals surface area contributed by atoms with Crippen LogP contribution in [0.4, 0.5) is 11.5 Å². The number of thioether (sulfide) groups is 1. The molecule has 192 valence electrons. The fraction of sp³-hybridized carbons (Fsp3) is 0.520. The molecular weight excluding hydrogens is 519 g/mol. The SMILES string of the molecule is CC1CN(c2cc(Cl)nc(SCC(=O)N3CCN(c4cccc(Cl)c4)CC3)n2)CCN1C(=O)C1CC1. The number of hydrogen-bond acceptors (Lipinski definition) is 7. The number of piperazine rings is 2. The van der Waals surface area contributed by atoms with Gasteiger partial charge in [-0.2, -0.15) is 0 Å². The average Bonchev–Trinajstić information content (AvgIpc) is 3.72. The number of anilines is 2. The van der Waals surface area contributed by atoms with Gasteiger partial charge >= 0.3 is 0 Å². The molecule has 1 saturated carbocycles. The Morgan fingerprint density at radius 2 is 1.75 bits per heavy atom. The van der Waals surface area contributed by atoms with Crippen molar-refractivity contribution in [3.63, 3.8) is 0 Å². The average molecular weight is 550 g/mol. The second-order valence-corrected chi connectivity index (χ2v) is 11.3. The first-order valence-corrected chi connectivity index (χ1v) is 14.1. The Bertz CT molecular complexity index is 1130. The van der Waals surface area contributed by atoms with Crippen molar-refractivity contribution in [2.45, 2.75) is 31.0 Å². The largest absolute Gasteiger partial charge is 0.368 e. The number of carbonyl (C=O) groups excluding carboxylic acids is 2. The van der Waals surface area contributed by atoms with Gasteiger partial charge in [0.1, 0.15) is 11.0 Å². The van der Waals surface area contributed by atoms with E-state index in [0.717, 1.165) is 37.4 Å². The third-order valence-electron chi connectivity index (χ3n) is 6.95. The van der Waals surface area contributed by atoms with Gasteiger partial charge in [-0.3, -0.25) is 9.59 Å². The molecule has 11 heteroatoms. The molecule has 2 amide bonds. The van der Waals surface area contributed by atoms with Crippen molar-refractivity contribution in [3.05, 3.63) is 40.5 Å². The fourth-order valence-corrected chi connectivity index (χ4v) is 5.94. The van der Waals surface area contributed by atoms with Crippen LogP contribution in [-0.2, 0) is 9.59 Å². The molecule has 0 N–H and O–H groups in total. The summed E-state index contributed by atoms with van der Waals surface area (Å²) in [6.07, 6.45) is 2.04. The summed E-state index contributed by atoms with van der Waals surface area (Å²) in [5, 5.41) is 1.56. The van der Waals surface area contributed by atoms with E-state index in [1.807, 2.05) is 34.1 Å². The lowest BCUT2D eigenvalue weighted by Crippen LogP contribution is -2.54. The molecule has 5 rings (SSSR count). The first kappa shape index (κ1) is 25.4. The number of nitrogens with zero attached hydrogens (tertiary/aromatic N) is 6. The molecule has 2 aromatic rings. The highest BCUT2D eigenvalue weighted by molar-refractivity contribution is 7.99. The summed E-state index contributed by atoms with van der Waals surface area (Å²) in [6, 6.07) is 9.67. The van der Waals surface area contributed by atoms with Gasteiger partial charge in [0.2, 0.25) is 11.8 Å². The molecule has 0 bridgehead atoms. The van der Waals surface area contributed by atoms with Gasteiger partial charge in [0, 0.05) is 74.5 Å². The molecule has 2 aliphatic heterocycles. The molecular formula is C25H30Cl2N6O2S. The number of aromatic nitrogens is 2. The topological polar surface area (TPSA) is 72.9 Å². The van der Waals surface area contributed by atoms with E-state index in [1.54, 1.807) is 6.07 Å². The van der Waals surface area contributed by atoms with Gasteiger partial charge in [-0.25, -0.2) is 9.97 Å². The molecule has 8 nitrogen and oxygen atoms in total. The van der Waals surface area contributed by atoms with Crippen molar-refractivity contribution in [3.8, 4) is 0 Å². The standard InChI is InChI=1S/C25H30Cl2N6O2S/c1-17-15-32(11-12-33(17)24(35)18-5-6-18)22-14-21(27)28-25(29-22)36-16-23(34)31-9-7-30(8-10-31)20-4-2-3-19(26)13-20/h2-4,13-14,17-18H,5-12,15-16H2,1H3. The predicted octanol–water partition coefficient (Wildman–Crippen LogP) is 3.67. The minimum atomic E-state index is 0.0664. The van der Waals surface area contributed by atoms with E-state index in [2.05, 4.69) is 26.7 Å². The van der Waals surface area contributed by atoms with Crippen LogP contribution in [-0.4, -0.2) is 89.2 Å². The molecule has 1 aromatic heterocycles. The molecule has 3 fully saturated rings. The summed E-state index contributed by atoms with van der Waals surface area (Å²) in [5.41, 5.74) is 1.08.